The molecule has 0 heterocycles. The molecule has 0 radical (unpaired) electrons. The predicted molar refractivity (Wildman–Crippen MR) is 52.5 cm³/mol. The molecule has 0 saturated carbocycles. The van der Waals surface area contributed by atoms with Gasteiger partial charge in [0.05, 0.1) is 10.0 Å². The van der Waals surface area contributed by atoms with Crippen molar-refractivity contribution in [3.05, 3.63) is 33.6 Å². The van der Waals surface area contributed by atoms with Crippen molar-refractivity contribution in [1.82, 2.24) is 0 Å². The van der Waals surface area contributed by atoms with Gasteiger partial charge in [-0.05, 0) is 19.1 Å². The molecular weight excluding hydrogens is 198 g/mol. The van der Waals surface area contributed by atoms with Crippen LogP contribution in [-0.4, -0.2) is 0 Å². The summed E-state index contributed by atoms with van der Waals surface area (Å²) in [4.78, 5) is 0. The average Bonchev–Trinajstić information content (AvgIpc) is 2.12. The molecule has 1 aromatic carbocycles. The molecule has 12 heavy (non-hydrogen) atoms. The molecule has 0 spiro atoms. The van der Waals surface area contributed by atoms with Crippen LogP contribution in [0.1, 0.15) is 19.4 Å². The van der Waals surface area contributed by atoms with Crippen molar-refractivity contribution in [1.29, 1.82) is 0 Å². The number of benzene rings is 1. The van der Waals surface area contributed by atoms with E-state index in [4.69, 9.17) is 23.2 Å². The molecule has 0 amide bonds. The van der Waals surface area contributed by atoms with Crippen LogP contribution in [-0.2, 0) is 0 Å². The summed E-state index contributed by atoms with van der Waals surface area (Å²) in [6.07, 6.45) is 0. The fourth-order valence-corrected chi connectivity index (χ4v) is 0.986. The molecule has 68 valence electrons. The fourth-order valence-electron chi connectivity index (χ4n) is 0.628. The quantitative estimate of drug-likeness (QED) is 0.553. The highest BCUT2D eigenvalue weighted by molar-refractivity contribution is 6.42. The normalized spacial score (nSPS) is 8.83. The lowest BCUT2D eigenvalue weighted by molar-refractivity contribution is 0.618. The number of hydrogen-bond acceptors (Lipinski definition) is 0. The van der Waals surface area contributed by atoms with Gasteiger partial charge in [-0.25, -0.2) is 4.39 Å². The second-order valence-corrected chi connectivity index (χ2v) is 2.75. The van der Waals surface area contributed by atoms with E-state index in [1.165, 1.54) is 12.1 Å². The lowest BCUT2D eigenvalue weighted by Crippen LogP contribution is -1.82. The second-order valence-electron chi connectivity index (χ2n) is 1.97. The van der Waals surface area contributed by atoms with Crippen LogP contribution in [0, 0.1) is 12.7 Å². The van der Waals surface area contributed by atoms with Gasteiger partial charge in [0.15, 0.2) is 0 Å². The Morgan fingerprint density at radius 3 is 2.08 bits per heavy atom. The summed E-state index contributed by atoms with van der Waals surface area (Å²) >= 11 is 11.2. The van der Waals surface area contributed by atoms with E-state index < -0.39 is 0 Å². The van der Waals surface area contributed by atoms with Crippen LogP contribution in [0.25, 0.3) is 0 Å². The molecule has 0 aromatic heterocycles. The number of halogens is 3. The van der Waals surface area contributed by atoms with Crippen molar-refractivity contribution >= 4 is 23.2 Å². The van der Waals surface area contributed by atoms with Gasteiger partial charge < -0.3 is 0 Å². The minimum absolute atomic E-state index is 0.293. The average molecular weight is 209 g/mol. The van der Waals surface area contributed by atoms with Crippen LogP contribution >= 0.6 is 23.2 Å². The zero-order valence-electron chi connectivity index (χ0n) is 7.29. The van der Waals surface area contributed by atoms with Crippen molar-refractivity contribution in [2.45, 2.75) is 20.8 Å². The van der Waals surface area contributed by atoms with Crippen molar-refractivity contribution < 1.29 is 4.39 Å². The van der Waals surface area contributed by atoms with Crippen LogP contribution in [0.2, 0.25) is 10.0 Å². The van der Waals surface area contributed by atoms with E-state index in [0.29, 0.717) is 15.6 Å². The Bertz CT molecular complexity index is 232. The van der Waals surface area contributed by atoms with Crippen LogP contribution < -0.4 is 0 Å². The molecule has 0 atom stereocenters. The van der Waals surface area contributed by atoms with Gasteiger partial charge in [0.2, 0.25) is 0 Å². The lowest BCUT2D eigenvalue weighted by atomic mass is 10.2. The summed E-state index contributed by atoms with van der Waals surface area (Å²) in [6, 6.07) is 2.73. The minimum atomic E-state index is -0.325. The molecular formula is C9H11Cl2F. The van der Waals surface area contributed by atoms with E-state index in [2.05, 4.69) is 0 Å². The molecule has 1 rings (SSSR count). The third-order valence-corrected chi connectivity index (χ3v) is 2.17. The molecule has 0 bridgehead atoms. The Kier molecular flexibility index (Phi) is 5.27. The Balaban J connectivity index is 0.000000561. The van der Waals surface area contributed by atoms with Gasteiger partial charge in [0, 0.05) is 5.56 Å². The second kappa shape index (κ2) is 5.39. The van der Waals surface area contributed by atoms with Crippen LogP contribution in [0.5, 0.6) is 0 Å². The Morgan fingerprint density at radius 1 is 1.17 bits per heavy atom. The van der Waals surface area contributed by atoms with Crippen molar-refractivity contribution in [3.8, 4) is 0 Å². The number of rotatable bonds is 0. The predicted octanol–water partition coefficient (Wildman–Crippen LogP) is 4.47. The highest BCUT2D eigenvalue weighted by atomic mass is 35.5. The smallest absolute Gasteiger partial charge is 0.127 e. The Labute approximate surface area is 82.3 Å². The Hall–Kier alpha value is -0.270. The molecule has 1 aromatic rings. The van der Waals surface area contributed by atoms with Crippen LogP contribution in [0.15, 0.2) is 12.1 Å². The van der Waals surface area contributed by atoms with Crippen molar-refractivity contribution in [2.75, 3.05) is 0 Å². The summed E-state index contributed by atoms with van der Waals surface area (Å²) in [5.74, 6) is -0.325. The topological polar surface area (TPSA) is 0 Å². The van der Waals surface area contributed by atoms with Gasteiger partial charge >= 0.3 is 0 Å². The summed E-state index contributed by atoms with van der Waals surface area (Å²) in [5.41, 5.74) is 0.397. The molecule has 0 unspecified atom stereocenters. The maximum absolute atomic E-state index is 12.6. The van der Waals surface area contributed by atoms with Gasteiger partial charge in [-0.2, -0.15) is 0 Å². The van der Waals surface area contributed by atoms with Crippen molar-refractivity contribution in [3.63, 3.8) is 0 Å². The van der Waals surface area contributed by atoms with Gasteiger partial charge in [-0.15, -0.1) is 0 Å². The minimum Gasteiger partial charge on any atom is -0.207 e. The first-order valence-electron chi connectivity index (χ1n) is 3.73. The first kappa shape index (κ1) is 11.7. The lowest BCUT2D eigenvalue weighted by Gasteiger charge is -1.99. The Morgan fingerprint density at radius 2 is 1.67 bits per heavy atom. The van der Waals surface area contributed by atoms with Gasteiger partial charge in [0.25, 0.3) is 0 Å². The number of hydrogen-bond donors (Lipinski definition) is 0. The fraction of sp³-hybridized carbons (Fsp3) is 0.333. The maximum Gasteiger partial charge on any atom is 0.127 e. The molecule has 0 aliphatic heterocycles. The monoisotopic (exact) mass is 208 g/mol. The van der Waals surface area contributed by atoms with E-state index in [1.54, 1.807) is 6.92 Å². The summed E-state index contributed by atoms with van der Waals surface area (Å²) < 4.78 is 12.6. The third kappa shape index (κ3) is 2.65. The maximum atomic E-state index is 12.6. The van der Waals surface area contributed by atoms with E-state index in [9.17, 15) is 4.39 Å². The summed E-state index contributed by atoms with van der Waals surface area (Å²) in [7, 11) is 0. The molecule has 0 nitrogen and oxygen atoms in total. The first-order valence-corrected chi connectivity index (χ1v) is 4.48. The zero-order chi connectivity index (χ0) is 9.72. The van der Waals surface area contributed by atoms with E-state index in [-0.39, 0.29) is 5.82 Å². The first-order chi connectivity index (χ1) is 5.63. The van der Waals surface area contributed by atoms with E-state index in [1.807, 2.05) is 13.8 Å². The zero-order valence-corrected chi connectivity index (χ0v) is 8.80. The third-order valence-electron chi connectivity index (χ3n) is 1.27. The highest BCUT2D eigenvalue weighted by Crippen LogP contribution is 2.26. The molecule has 0 N–H and O–H groups in total. The standard InChI is InChI=1S/C7H5Cl2F.C2H6/c1-4-6(10)3-2-5(8)7(4)9;1-2/h2-3H,1H3;1-2H3. The van der Waals surface area contributed by atoms with E-state index in [0.717, 1.165) is 0 Å². The van der Waals surface area contributed by atoms with Crippen LogP contribution in [0.4, 0.5) is 4.39 Å². The summed E-state index contributed by atoms with van der Waals surface area (Å²) in [5, 5.41) is 0.683. The van der Waals surface area contributed by atoms with Gasteiger partial charge in [-0.1, -0.05) is 37.0 Å². The molecule has 0 saturated heterocycles. The van der Waals surface area contributed by atoms with E-state index >= 15 is 0 Å². The summed E-state index contributed by atoms with van der Waals surface area (Å²) in [6.45, 7) is 5.59. The SMILES string of the molecule is CC.Cc1c(F)ccc(Cl)c1Cl. The van der Waals surface area contributed by atoms with Crippen LogP contribution in [0.3, 0.4) is 0 Å². The highest BCUT2D eigenvalue weighted by Gasteiger charge is 2.04. The molecule has 3 heteroatoms. The van der Waals surface area contributed by atoms with Gasteiger partial charge in [-0.3, -0.25) is 0 Å². The van der Waals surface area contributed by atoms with Crippen molar-refractivity contribution in [2.24, 2.45) is 0 Å². The molecule has 0 aliphatic rings. The largest absolute Gasteiger partial charge is 0.207 e. The molecule has 0 fully saturated rings. The molecule has 0 aliphatic carbocycles. The van der Waals surface area contributed by atoms with Gasteiger partial charge in [0.1, 0.15) is 5.82 Å².